The maximum Gasteiger partial charge on any atom is 0.387 e. The Kier molecular flexibility index (Phi) is 7.43. The molecule has 7 heteroatoms. The van der Waals surface area contributed by atoms with Gasteiger partial charge in [-0.25, -0.2) is 0 Å². The molecule has 0 spiro atoms. The van der Waals surface area contributed by atoms with Crippen LogP contribution < -0.4 is 14.8 Å². The van der Waals surface area contributed by atoms with E-state index in [-0.39, 0.29) is 17.4 Å². The molecule has 0 unspecified atom stereocenters. The summed E-state index contributed by atoms with van der Waals surface area (Å²) in [6.07, 6.45) is 4.64. The van der Waals surface area contributed by atoms with Crippen molar-refractivity contribution in [1.82, 2.24) is 10.2 Å². The Morgan fingerprint density at radius 2 is 2.16 bits per heavy atom. The number of rotatable bonds is 8. The zero-order chi connectivity index (χ0) is 18.2. The summed E-state index contributed by atoms with van der Waals surface area (Å²) in [6.45, 7) is 1.96. The van der Waals surface area contributed by atoms with Gasteiger partial charge < -0.3 is 19.7 Å². The molecule has 0 saturated carbocycles. The second kappa shape index (κ2) is 9.56. The molecule has 0 aliphatic carbocycles. The van der Waals surface area contributed by atoms with Crippen molar-refractivity contribution >= 4 is 5.91 Å². The quantitative estimate of drug-likeness (QED) is 0.726. The minimum atomic E-state index is -2.94. The van der Waals surface area contributed by atoms with Gasteiger partial charge in [-0.3, -0.25) is 4.79 Å². The average Bonchev–Trinajstić information content (AvgIpc) is 2.59. The number of benzene rings is 1. The first-order chi connectivity index (χ1) is 12.0. The molecule has 1 aliphatic heterocycles. The standard InChI is InChI=1S/C18H26F2N2O3/c1-13-6-3-4-10-22(13)11-5-9-21-17(23)14-7-8-15(25-18(19)20)16(12-14)24-2/h7-8,12-13,18H,3-6,9-11H2,1-2H3,(H,21,23)/t13-/m0/s1. The van der Waals surface area contributed by atoms with E-state index in [0.717, 1.165) is 19.5 Å². The third-order valence-electron chi connectivity index (χ3n) is 4.49. The topological polar surface area (TPSA) is 50.8 Å². The van der Waals surface area contributed by atoms with Gasteiger partial charge in [-0.15, -0.1) is 0 Å². The number of nitrogens with zero attached hydrogens (tertiary/aromatic N) is 1. The van der Waals surface area contributed by atoms with E-state index in [1.165, 1.54) is 44.6 Å². The third kappa shape index (κ3) is 5.85. The van der Waals surface area contributed by atoms with Crippen LogP contribution >= 0.6 is 0 Å². The molecular formula is C18H26F2N2O3. The molecule has 0 radical (unpaired) electrons. The summed E-state index contributed by atoms with van der Waals surface area (Å²) in [4.78, 5) is 14.6. The molecule has 1 aromatic carbocycles. The summed E-state index contributed by atoms with van der Waals surface area (Å²) >= 11 is 0. The van der Waals surface area contributed by atoms with Crippen molar-refractivity contribution in [2.24, 2.45) is 0 Å². The van der Waals surface area contributed by atoms with E-state index in [1.807, 2.05) is 0 Å². The Balaban J connectivity index is 1.82. The fraction of sp³-hybridized carbons (Fsp3) is 0.611. The summed E-state index contributed by atoms with van der Waals surface area (Å²) in [7, 11) is 1.34. The van der Waals surface area contributed by atoms with Gasteiger partial charge >= 0.3 is 6.61 Å². The summed E-state index contributed by atoms with van der Waals surface area (Å²) in [5, 5.41) is 2.85. The molecule has 1 amide bonds. The zero-order valence-corrected chi connectivity index (χ0v) is 14.8. The Morgan fingerprint density at radius 1 is 1.36 bits per heavy atom. The molecular weight excluding hydrogens is 330 g/mol. The third-order valence-corrected chi connectivity index (χ3v) is 4.49. The lowest BCUT2D eigenvalue weighted by atomic mass is 10.0. The van der Waals surface area contributed by atoms with Crippen molar-refractivity contribution in [2.75, 3.05) is 26.7 Å². The highest BCUT2D eigenvalue weighted by molar-refractivity contribution is 5.94. The Labute approximate surface area is 147 Å². The second-order valence-corrected chi connectivity index (χ2v) is 6.23. The molecule has 1 aromatic rings. The van der Waals surface area contributed by atoms with Gasteiger partial charge in [0, 0.05) is 24.7 Å². The van der Waals surface area contributed by atoms with Crippen molar-refractivity contribution in [3.63, 3.8) is 0 Å². The normalized spacial score (nSPS) is 18.2. The Hall–Kier alpha value is -1.89. The molecule has 1 atom stereocenters. The number of alkyl halides is 2. The average molecular weight is 356 g/mol. The van der Waals surface area contributed by atoms with Crippen molar-refractivity contribution in [3.05, 3.63) is 23.8 Å². The van der Waals surface area contributed by atoms with Gasteiger partial charge in [0.05, 0.1) is 7.11 Å². The van der Waals surface area contributed by atoms with Crippen LogP contribution in [0.15, 0.2) is 18.2 Å². The number of methoxy groups -OCH3 is 1. The fourth-order valence-corrected chi connectivity index (χ4v) is 3.08. The molecule has 1 N–H and O–H groups in total. The number of piperidine rings is 1. The molecule has 1 aliphatic rings. The lowest BCUT2D eigenvalue weighted by molar-refractivity contribution is -0.0512. The van der Waals surface area contributed by atoms with Crippen LogP contribution in [0.4, 0.5) is 8.78 Å². The molecule has 25 heavy (non-hydrogen) atoms. The minimum absolute atomic E-state index is 0.0897. The van der Waals surface area contributed by atoms with Gasteiger partial charge in [0.1, 0.15) is 0 Å². The largest absolute Gasteiger partial charge is 0.493 e. The minimum Gasteiger partial charge on any atom is -0.493 e. The van der Waals surface area contributed by atoms with Crippen molar-refractivity contribution in [2.45, 2.75) is 45.3 Å². The van der Waals surface area contributed by atoms with E-state index in [9.17, 15) is 13.6 Å². The van der Waals surface area contributed by atoms with E-state index >= 15 is 0 Å². The summed E-state index contributed by atoms with van der Waals surface area (Å²) in [5.41, 5.74) is 0.352. The second-order valence-electron chi connectivity index (χ2n) is 6.23. The number of nitrogens with one attached hydrogen (secondary N) is 1. The van der Waals surface area contributed by atoms with Crippen LogP contribution in [0.25, 0.3) is 0 Å². The predicted octanol–water partition coefficient (Wildman–Crippen LogP) is 3.29. The van der Waals surface area contributed by atoms with E-state index in [4.69, 9.17) is 4.74 Å². The van der Waals surface area contributed by atoms with Gasteiger partial charge in [-0.1, -0.05) is 6.42 Å². The zero-order valence-electron chi connectivity index (χ0n) is 14.8. The summed E-state index contributed by atoms with van der Waals surface area (Å²) in [5.74, 6) is -0.239. The SMILES string of the molecule is COc1cc(C(=O)NCCCN2CCCC[C@@H]2C)ccc1OC(F)F. The molecule has 1 heterocycles. The van der Waals surface area contributed by atoms with E-state index in [0.29, 0.717) is 18.2 Å². The van der Waals surface area contributed by atoms with Crippen LogP contribution in [0.2, 0.25) is 0 Å². The van der Waals surface area contributed by atoms with Crippen LogP contribution in [0, 0.1) is 0 Å². The van der Waals surface area contributed by atoms with E-state index in [2.05, 4.69) is 21.9 Å². The van der Waals surface area contributed by atoms with Crippen molar-refractivity contribution in [3.8, 4) is 11.5 Å². The number of amides is 1. The predicted molar refractivity (Wildman–Crippen MR) is 91.5 cm³/mol. The highest BCUT2D eigenvalue weighted by Crippen LogP contribution is 2.29. The number of halogens is 2. The molecule has 0 aromatic heterocycles. The first kappa shape index (κ1) is 19.4. The van der Waals surface area contributed by atoms with Crippen molar-refractivity contribution < 1.29 is 23.0 Å². The molecule has 140 valence electrons. The maximum atomic E-state index is 12.3. The number of ether oxygens (including phenoxy) is 2. The van der Waals surface area contributed by atoms with E-state index < -0.39 is 6.61 Å². The summed E-state index contributed by atoms with van der Waals surface area (Å²) < 4.78 is 34.0. The molecule has 1 saturated heterocycles. The lowest BCUT2D eigenvalue weighted by Crippen LogP contribution is -2.39. The van der Waals surface area contributed by atoms with Gasteiger partial charge in [0.15, 0.2) is 11.5 Å². The molecule has 5 nitrogen and oxygen atoms in total. The highest BCUT2D eigenvalue weighted by Gasteiger charge is 2.17. The van der Waals surface area contributed by atoms with Gasteiger partial charge in [0.25, 0.3) is 5.91 Å². The molecule has 0 bridgehead atoms. The monoisotopic (exact) mass is 356 g/mol. The van der Waals surface area contributed by atoms with E-state index in [1.54, 1.807) is 0 Å². The van der Waals surface area contributed by atoms with Gasteiger partial charge in [-0.2, -0.15) is 8.78 Å². The van der Waals surface area contributed by atoms with Crippen LogP contribution in [0.5, 0.6) is 11.5 Å². The fourth-order valence-electron chi connectivity index (χ4n) is 3.08. The lowest BCUT2D eigenvalue weighted by Gasteiger charge is -2.33. The number of hydrogen-bond donors (Lipinski definition) is 1. The van der Waals surface area contributed by atoms with Crippen LogP contribution in [0.3, 0.4) is 0 Å². The van der Waals surface area contributed by atoms with Crippen LogP contribution in [0.1, 0.15) is 43.0 Å². The number of carbonyl (C=O) groups excluding carboxylic acids is 1. The summed E-state index contributed by atoms with van der Waals surface area (Å²) in [6, 6.07) is 4.77. The smallest absolute Gasteiger partial charge is 0.387 e. The van der Waals surface area contributed by atoms with Gasteiger partial charge in [-0.05, 0) is 50.9 Å². The van der Waals surface area contributed by atoms with Crippen molar-refractivity contribution in [1.29, 1.82) is 0 Å². The number of carbonyl (C=O) groups is 1. The van der Waals surface area contributed by atoms with Crippen LogP contribution in [-0.4, -0.2) is 50.2 Å². The molecule has 2 rings (SSSR count). The Morgan fingerprint density at radius 3 is 2.84 bits per heavy atom. The molecule has 1 fully saturated rings. The first-order valence-corrected chi connectivity index (χ1v) is 8.66. The van der Waals surface area contributed by atoms with Crippen LogP contribution in [-0.2, 0) is 0 Å². The Bertz CT molecular complexity index is 569. The first-order valence-electron chi connectivity index (χ1n) is 8.66. The number of likely N-dealkylation sites (tertiary alicyclic amines) is 1. The number of hydrogen-bond acceptors (Lipinski definition) is 4. The van der Waals surface area contributed by atoms with Gasteiger partial charge in [0.2, 0.25) is 0 Å². The highest BCUT2D eigenvalue weighted by atomic mass is 19.3. The maximum absolute atomic E-state index is 12.3.